The summed E-state index contributed by atoms with van der Waals surface area (Å²) in [7, 11) is 0. The maximum atomic E-state index is 11.2. The van der Waals surface area contributed by atoms with Crippen LogP contribution in [0.1, 0.15) is 27.2 Å². The summed E-state index contributed by atoms with van der Waals surface area (Å²) in [6.07, 6.45) is 1.03. The molecule has 1 aliphatic rings. The molecular weight excluding hydrogens is 180 g/mol. The van der Waals surface area contributed by atoms with Crippen molar-refractivity contribution in [3.05, 3.63) is 0 Å². The van der Waals surface area contributed by atoms with Gasteiger partial charge in [-0.15, -0.1) is 0 Å². The van der Waals surface area contributed by atoms with E-state index in [4.69, 9.17) is 4.74 Å². The molecule has 0 radical (unpaired) electrons. The van der Waals surface area contributed by atoms with E-state index in [1.807, 2.05) is 13.8 Å². The van der Waals surface area contributed by atoms with Crippen LogP contribution >= 0.6 is 0 Å². The molecule has 14 heavy (non-hydrogen) atoms. The number of hydrogen-bond acceptors (Lipinski definition) is 4. The predicted molar refractivity (Wildman–Crippen MR) is 55.1 cm³/mol. The molecule has 1 saturated heterocycles. The molecule has 1 atom stereocenters. The highest BCUT2D eigenvalue weighted by Crippen LogP contribution is 2.12. The van der Waals surface area contributed by atoms with E-state index in [-0.39, 0.29) is 17.6 Å². The normalized spacial score (nSPS) is 26.9. The van der Waals surface area contributed by atoms with Gasteiger partial charge in [0, 0.05) is 12.1 Å². The Morgan fingerprint density at radius 3 is 2.86 bits per heavy atom. The number of hydrogen-bond donors (Lipinski definition) is 2. The number of ether oxygens (including phenoxy) is 1. The molecule has 1 rings (SSSR count). The fourth-order valence-electron chi connectivity index (χ4n) is 1.56. The Bertz CT molecular complexity index is 198. The van der Waals surface area contributed by atoms with Gasteiger partial charge in [-0.25, -0.2) is 0 Å². The summed E-state index contributed by atoms with van der Waals surface area (Å²) in [5.41, 5.74) is 0.0516. The highest BCUT2D eigenvalue weighted by atomic mass is 16.5. The molecule has 1 heterocycles. The summed E-state index contributed by atoms with van der Waals surface area (Å²) in [5, 5.41) is 6.49. The minimum Gasteiger partial charge on any atom is -0.462 e. The van der Waals surface area contributed by atoms with Crippen LogP contribution in [0.4, 0.5) is 0 Å². The summed E-state index contributed by atoms with van der Waals surface area (Å²) >= 11 is 0. The first-order valence-electron chi connectivity index (χ1n) is 5.17. The summed E-state index contributed by atoms with van der Waals surface area (Å²) in [5.74, 6) is -0.173. The number of rotatable bonds is 4. The zero-order valence-corrected chi connectivity index (χ0v) is 9.22. The molecule has 0 bridgehead atoms. The summed E-state index contributed by atoms with van der Waals surface area (Å²) in [4.78, 5) is 11.2. The van der Waals surface area contributed by atoms with E-state index in [1.165, 1.54) is 0 Å². The van der Waals surface area contributed by atoms with E-state index in [0.717, 1.165) is 19.5 Å². The van der Waals surface area contributed by atoms with E-state index in [2.05, 4.69) is 17.6 Å². The minimum atomic E-state index is -0.173. The summed E-state index contributed by atoms with van der Waals surface area (Å²) < 4.78 is 5.03. The van der Waals surface area contributed by atoms with Gasteiger partial charge in [-0.05, 0) is 33.7 Å². The first kappa shape index (κ1) is 11.5. The molecule has 0 spiro atoms. The van der Waals surface area contributed by atoms with Gasteiger partial charge in [0.2, 0.25) is 0 Å². The lowest BCUT2D eigenvalue weighted by molar-refractivity contribution is -0.146. The average Bonchev–Trinajstić information content (AvgIpc) is 2.49. The Labute approximate surface area is 85.4 Å². The Hall–Kier alpha value is -0.610. The number of esters is 1. The van der Waals surface area contributed by atoms with Crippen molar-refractivity contribution in [3.63, 3.8) is 0 Å². The van der Waals surface area contributed by atoms with Crippen LogP contribution in [0.2, 0.25) is 0 Å². The lowest BCUT2D eigenvalue weighted by atomic mass is 10.0. The Kier molecular flexibility index (Phi) is 3.89. The van der Waals surface area contributed by atoms with Gasteiger partial charge >= 0.3 is 5.97 Å². The van der Waals surface area contributed by atoms with E-state index < -0.39 is 0 Å². The van der Waals surface area contributed by atoms with Gasteiger partial charge in [0.15, 0.2) is 0 Å². The van der Waals surface area contributed by atoms with Gasteiger partial charge < -0.3 is 15.4 Å². The molecule has 0 saturated carbocycles. The third-order valence-electron chi connectivity index (χ3n) is 2.40. The zero-order chi connectivity index (χ0) is 10.6. The van der Waals surface area contributed by atoms with Crippen LogP contribution in [0, 0.1) is 0 Å². The molecule has 2 N–H and O–H groups in total. The average molecular weight is 200 g/mol. The van der Waals surface area contributed by atoms with E-state index >= 15 is 0 Å². The molecule has 0 aliphatic carbocycles. The van der Waals surface area contributed by atoms with Gasteiger partial charge in [0.25, 0.3) is 0 Å². The quantitative estimate of drug-likeness (QED) is 0.640. The number of nitrogens with one attached hydrogen (secondary N) is 2. The first-order valence-corrected chi connectivity index (χ1v) is 5.17. The smallest absolute Gasteiger partial charge is 0.320 e. The highest BCUT2D eigenvalue weighted by molar-refractivity contribution is 5.71. The second kappa shape index (κ2) is 4.75. The van der Waals surface area contributed by atoms with Crippen LogP contribution in [-0.4, -0.2) is 37.2 Å². The number of carbonyl (C=O) groups is 1. The first-order chi connectivity index (χ1) is 6.52. The van der Waals surface area contributed by atoms with E-state index in [0.29, 0.717) is 6.54 Å². The Morgan fingerprint density at radius 2 is 2.36 bits per heavy atom. The molecule has 0 aromatic heterocycles. The molecule has 0 amide bonds. The van der Waals surface area contributed by atoms with Gasteiger partial charge in [-0.2, -0.15) is 0 Å². The van der Waals surface area contributed by atoms with Crippen LogP contribution < -0.4 is 10.6 Å². The largest absolute Gasteiger partial charge is 0.462 e. The van der Waals surface area contributed by atoms with Crippen molar-refractivity contribution in [2.75, 3.05) is 19.6 Å². The van der Waals surface area contributed by atoms with Gasteiger partial charge in [-0.1, -0.05) is 0 Å². The van der Waals surface area contributed by atoms with E-state index in [1.54, 1.807) is 0 Å². The standard InChI is InChI=1S/C10H20N2O2/c1-8(2)14-9(13)6-12-10(3)4-5-11-7-10/h8,11-12H,4-7H2,1-3H3. The van der Waals surface area contributed by atoms with Crippen molar-refractivity contribution in [1.29, 1.82) is 0 Å². The van der Waals surface area contributed by atoms with Crippen molar-refractivity contribution in [3.8, 4) is 0 Å². The second-order valence-electron chi connectivity index (χ2n) is 4.38. The maximum Gasteiger partial charge on any atom is 0.320 e. The zero-order valence-electron chi connectivity index (χ0n) is 9.22. The molecule has 82 valence electrons. The molecule has 0 aromatic rings. The van der Waals surface area contributed by atoms with Crippen molar-refractivity contribution >= 4 is 5.97 Å². The molecule has 0 aromatic carbocycles. The Morgan fingerprint density at radius 1 is 1.64 bits per heavy atom. The SMILES string of the molecule is CC(C)OC(=O)CNC1(C)CCNC1. The Balaban J connectivity index is 2.22. The fraction of sp³-hybridized carbons (Fsp3) is 0.900. The van der Waals surface area contributed by atoms with Crippen molar-refractivity contribution in [2.24, 2.45) is 0 Å². The molecular formula is C10H20N2O2. The molecule has 4 nitrogen and oxygen atoms in total. The lowest BCUT2D eigenvalue weighted by Gasteiger charge is -2.24. The highest BCUT2D eigenvalue weighted by Gasteiger charge is 2.28. The van der Waals surface area contributed by atoms with Crippen LogP contribution in [0.5, 0.6) is 0 Å². The lowest BCUT2D eigenvalue weighted by Crippen LogP contribution is -2.46. The maximum absolute atomic E-state index is 11.2. The molecule has 1 fully saturated rings. The van der Waals surface area contributed by atoms with E-state index in [9.17, 15) is 4.79 Å². The molecule has 1 aliphatic heterocycles. The number of carbonyl (C=O) groups excluding carboxylic acids is 1. The monoisotopic (exact) mass is 200 g/mol. The molecule has 4 heteroatoms. The summed E-state index contributed by atoms with van der Waals surface area (Å²) in [6, 6.07) is 0. The third kappa shape index (κ3) is 3.64. The van der Waals surface area contributed by atoms with Crippen molar-refractivity contribution < 1.29 is 9.53 Å². The van der Waals surface area contributed by atoms with Crippen molar-refractivity contribution in [2.45, 2.75) is 38.8 Å². The van der Waals surface area contributed by atoms with Gasteiger partial charge in [0.1, 0.15) is 0 Å². The predicted octanol–water partition coefficient (Wildman–Crippen LogP) is 0.280. The van der Waals surface area contributed by atoms with Crippen LogP contribution in [0.3, 0.4) is 0 Å². The van der Waals surface area contributed by atoms with Crippen LogP contribution in [0.15, 0.2) is 0 Å². The van der Waals surface area contributed by atoms with Gasteiger partial charge in [0.05, 0.1) is 12.6 Å². The third-order valence-corrected chi connectivity index (χ3v) is 2.40. The van der Waals surface area contributed by atoms with Crippen molar-refractivity contribution in [1.82, 2.24) is 10.6 Å². The van der Waals surface area contributed by atoms with Gasteiger partial charge in [-0.3, -0.25) is 4.79 Å². The second-order valence-corrected chi connectivity index (χ2v) is 4.38. The van der Waals surface area contributed by atoms with Crippen LogP contribution in [-0.2, 0) is 9.53 Å². The molecule has 1 unspecified atom stereocenters. The summed E-state index contributed by atoms with van der Waals surface area (Å²) in [6.45, 7) is 8.07. The van der Waals surface area contributed by atoms with Crippen LogP contribution in [0.25, 0.3) is 0 Å². The topological polar surface area (TPSA) is 50.4 Å². The minimum absolute atomic E-state index is 0.0289. The fourth-order valence-corrected chi connectivity index (χ4v) is 1.56.